The van der Waals surface area contributed by atoms with Gasteiger partial charge in [0.15, 0.2) is 5.82 Å². The number of rotatable bonds is 3. The molecule has 0 amide bonds. The summed E-state index contributed by atoms with van der Waals surface area (Å²) >= 11 is 14.5. The van der Waals surface area contributed by atoms with E-state index in [2.05, 4.69) is 47.3 Å². The molecule has 2 N–H and O–H groups in total. The first-order chi connectivity index (χ1) is 12.8. The van der Waals surface area contributed by atoms with Gasteiger partial charge in [0.05, 0.1) is 33.8 Å². The molecular weight excluding hydrogens is 538 g/mol. The van der Waals surface area contributed by atoms with Crippen LogP contribution in [0.3, 0.4) is 0 Å². The van der Waals surface area contributed by atoms with E-state index in [1.165, 1.54) is 0 Å². The van der Waals surface area contributed by atoms with Gasteiger partial charge < -0.3 is 9.97 Å². The minimum absolute atomic E-state index is 0.0645. The summed E-state index contributed by atoms with van der Waals surface area (Å²) in [4.78, 5) is 5.24. The summed E-state index contributed by atoms with van der Waals surface area (Å²) in [6, 6.07) is 3.36. The molecule has 4 aromatic rings. The molecule has 0 fully saturated rings. The molecular formula is C14H7Cl2F3IN6P. The number of aromatic amines is 2. The average Bonchev–Trinajstić information content (AvgIpc) is 3.34. The van der Waals surface area contributed by atoms with Crippen molar-refractivity contribution in [2.45, 2.75) is 6.18 Å². The van der Waals surface area contributed by atoms with Crippen LogP contribution in [0.25, 0.3) is 33.5 Å². The second-order valence-electron chi connectivity index (χ2n) is 5.44. The van der Waals surface area contributed by atoms with Gasteiger partial charge in [0.1, 0.15) is 0 Å². The van der Waals surface area contributed by atoms with E-state index in [-0.39, 0.29) is 10.8 Å². The van der Waals surface area contributed by atoms with Gasteiger partial charge in [-0.1, -0.05) is 29.3 Å². The summed E-state index contributed by atoms with van der Waals surface area (Å²) in [5.74, 6) is -1.25. The normalized spacial score (nSPS) is 12.7. The molecule has 0 saturated heterocycles. The maximum absolute atomic E-state index is 12.9. The van der Waals surface area contributed by atoms with E-state index < -0.39 is 12.0 Å². The summed E-state index contributed by atoms with van der Waals surface area (Å²) in [6.45, 7) is 0. The third-order valence-electron chi connectivity index (χ3n) is 3.81. The number of nitrogens with one attached hydrogen (secondary N) is 2. The molecule has 0 aliphatic heterocycles. The highest BCUT2D eigenvalue weighted by molar-refractivity contribution is 14.2. The predicted octanol–water partition coefficient (Wildman–Crippen LogP) is 5.93. The molecule has 3 aromatic heterocycles. The van der Waals surface area contributed by atoms with Gasteiger partial charge >= 0.3 is 6.18 Å². The van der Waals surface area contributed by atoms with Gasteiger partial charge in [-0.05, 0) is 28.1 Å². The van der Waals surface area contributed by atoms with Gasteiger partial charge in [-0.15, -0.1) is 10.2 Å². The first kappa shape index (κ1) is 19.0. The van der Waals surface area contributed by atoms with Gasteiger partial charge in [-0.25, -0.2) is 4.45 Å². The summed E-state index contributed by atoms with van der Waals surface area (Å²) in [6.07, 6.45) is -0.844. The van der Waals surface area contributed by atoms with Crippen LogP contribution in [0.15, 0.2) is 24.5 Å². The minimum Gasteiger partial charge on any atom is -0.350 e. The fraction of sp³-hybridized carbons (Fsp3) is 0.0714. The zero-order valence-electron chi connectivity index (χ0n) is 12.9. The van der Waals surface area contributed by atoms with Crippen LogP contribution in [0.2, 0.25) is 10.0 Å². The number of H-pyrrole nitrogens is 2. The lowest BCUT2D eigenvalue weighted by Crippen LogP contribution is -2.07. The summed E-state index contributed by atoms with van der Waals surface area (Å²) in [5.41, 5.74) is 2.11. The number of hydrogen-bond acceptors (Lipinski definition) is 3. The predicted molar refractivity (Wildman–Crippen MR) is 108 cm³/mol. The third-order valence-corrected chi connectivity index (χ3v) is 6.52. The summed E-state index contributed by atoms with van der Waals surface area (Å²) < 4.78 is 40.5. The van der Waals surface area contributed by atoms with E-state index in [0.717, 1.165) is 0 Å². The molecule has 0 radical (unpaired) electrons. The Balaban J connectivity index is 2.00. The molecule has 3 heterocycles. The standard InChI is InChI=1S/C14H7Cl2F3IN6P/c15-7-2-1-6-8(5-3-21-26(4-5)27-20)11(22-10(6)9(7)16)12-23-13(25-24-12)14(17,18)19/h1-4,22,27H,(H,23,24,25). The van der Waals surface area contributed by atoms with Crippen LogP contribution in [-0.2, 0) is 6.18 Å². The van der Waals surface area contributed by atoms with E-state index in [1.54, 1.807) is 29.0 Å². The van der Waals surface area contributed by atoms with Crippen molar-refractivity contribution in [1.29, 1.82) is 0 Å². The molecule has 13 heteroatoms. The number of aromatic nitrogens is 6. The number of halogens is 6. The van der Waals surface area contributed by atoms with Crippen molar-refractivity contribution in [2.24, 2.45) is 0 Å². The van der Waals surface area contributed by atoms with Crippen LogP contribution in [0.1, 0.15) is 5.82 Å². The van der Waals surface area contributed by atoms with Crippen molar-refractivity contribution in [3.8, 4) is 22.6 Å². The Morgan fingerprint density at radius 2 is 1.93 bits per heavy atom. The minimum atomic E-state index is -4.63. The number of alkyl halides is 3. The van der Waals surface area contributed by atoms with E-state index in [0.29, 0.717) is 39.1 Å². The zero-order valence-corrected chi connectivity index (χ0v) is 17.5. The molecule has 0 spiro atoms. The van der Waals surface area contributed by atoms with E-state index in [4.69, 9.17) is 23.2 Å². The van der Waals surface area contributed by atoms with Crippen LogP contribution in [-0.4, -0.2) is 29.7 Å². The van der Waals surface area contributed by atoms with Gasteiger partial charge in [0.25, 0.3) is 0 Å². The lowest BCUT2D eigenvalue weighted by atomic mass is 10.0. The fourth-order valence-electron chi connectivity index (χ4n) is 2.68. The quantitative estimate of drug-likeness (QED) is 0.248. The van der Waals surface area contributed by atoms with Crippen LogP contribution in [0.5, 0.6) is 0 Å². The molecule has 0 saturated carbocycles. The lowest BCUT2D eigenvalue weighted by Gasteiger charge is -2.01. The Bertz CT molecular complexity index is 1150. The van der Waals surface area contributed by atoms with Crippen molar-refractivity contribution >= 4 is 62.5 Å². The van der Waals surface area contributed by atoms with Crippen LogP contribution < -0.4 is 0 Å². The first-order valence-electron chi connectivity index (χ1n) is 7.21. The topological polar surface area (TPSA) is 75.2 Å². The molecule has 4 rings (SSSR count). The highest BCUT2D eigenvalue weighted by Crippen LogP contribution is 2.42. The Morgan fingerprint density at radius 1 is 1.15 bits per heavy atom. The SMILES string of the molecule is FC(F)(F)c1nnc(-c2[nH]c3c(Cl)c(Cl)ccc3c2-c2cnn(PI)c2)[nH]1. The molecule has 6 nitrogen and oxygen atoms in total. The maximum Gasteiger partial charge on any atom is 0.451 e. The summed E-state index contributed by atoms with van der Waals surface area (Å²) in [5, 5.41) is 12.4. The van der Waals surface area contributed by atoms with Gasteiger partial charge in [-0.2, -0.15) is 18.3 Å². The zero-order chi connectivity index (χ0) is 19.3. The Labute approximate surface area is 174 Å². The second kappa shape index (κ2) is 6.91. The first-order valence-corrected chi connectivity index (χ1v) is 12.0. The molecule has 0 aliphatic carbocycles. The summed E-state index contributed by atoms with van der Waals surface area (Å²) in [7, 11) is 0. The molecule has 1 atom stereocenters. The molecule has 1 unspecified atom stereocenters. The van der Waals surface area contributed by atoms with Crippen molar-refractivity contribution in [1.82, 2.24) is 29.7 Å². The Hall–Kier alpha value is -1.36. The number of hydrogen-bond donors (Lipinski definition) is 2. The van der Waals surface area contributed by atoms with Gasteiger partial charge in [0.2, 0.25) is 5.82 Å². The Kier molecular flexibility index (Phi) is 4.86. The van der Waals surface area contributed by atoms with Gasteiger partial charge in [-0.3, -0.25) is 0 Å². The molecule has 1 aromatic carbocycles. The van der Waals surface area contributed by atoms with Crippen molar-refractivity contribution in [3.63, 3.8) is 0 Å². The number of fused-ring (bicyclic) bond motifs is 1. The lowest BCUT2D eigenvalue weighted by molar-refractivity contribution is -0.144. The highest BCUT2D eigenvalue weighted by Gasteiger charge is 2.36. The van der Waals surface area contributed by atoms with Crippen molar-refractivity contribution < 1.29 is 13.2 Å². The molecule has 0 bridgehead atoms. The van der Waals surface area contributed by atoms with Crippen molar-refractivity contribution in [3.05, 3.63) is 40.4 Å². The fourth-order valence-corrected chi connectivity index (χ4v) is 4.13. The van der Waals surface area contributed by atoms with Gasteiger partial charge in [0, 0.05) is 22.7 Å². The largest absolute Gasteiger partial charge is 0.451 e. The van der Waals surface area contributed by atoms with Crippen LogP contribution in [0, 0.1) is 0 Å². The van der Waals surface area contributed by atoms with Crippen LogP contribution >= 0.6 is 51.6 Å². The second-order valence-corrected chi connectivity index (χ2v) is 8.30. The Morgan fingerprint density at radius 3 is 2.56 bits per heavy atom. The molecule has 140 valence electrons. The van der Waals surface area contributed by atoms with Crippen LogP contribution in [0.4, 0.5) is 13.2 Å². The van der Waals surface area contributed by atoms with Crippen molar-refractivity contribution in [2.75, 3.05) is 0 Å². The smallest absolute Gasteiger partial charge is 0.350 e. The molecule has 0 aliphatic rings. The van der Waals surface area contributed by atoms with E-state index in [1.807, 2.05) is 0 Å². The molecule has 27 heavy (non-hydrogen) atoms. The average molecular weight is 545 g/mol. The number of nitrogens with zero attached hydrogens (tertiary/aromatic N) is 4. The number of benzene rings is 1. The monoisotopic (exact) mass is 544 g/mol. The van der Waals surface area contributed by atoms with E-state index in [9.17, 15) is 13.2 Å². The third kappa shape index (κ3) is 3.32. The highest BCUT2D eigenvalue weighted by atomic mass is 127. The van der Waals surface area contributed by atoms with E-state index >= 15 is 0 Å². The maximum atomic E-state index is 12.9.